The lowest BCUT2D eigenvalue weighted by Crippen LogP contribution is -2.26. The number of ether oxygens (including phenoxy) is 2. The Hall–Kier alpha value is -2.54. The van der Waals surface area contributed by atoms with Crippen LogP contribution in [0.2, 0.25) is 0 Å². The largest absolute Gasteiger partial charge is 0.488 e. The molecule has 7 heteroatoms. The number of nitrogen functional groups attached to an aromatic ring is 1. The molecule has 0 saturated heterocycles. The Labute approximate surface area is 161 Å². The molecule has 0 heterocycles. The third-order valence-electron chi connectivity index (χ3n) is 4.63. The van der Waals surface area contributed by atoms with Crippen LogP contribution in [0.3, 0.4) is 0 Å². The van der Waals surface area contributed by atoms with Crippen molar-refractivity contribution in [1.82, 2.24) is 4.90 Å². The van der Waals surface area contributed by atoms with Crippen LogP contribution in [0, 0.1) is 5.41 Å². The Kier molecular flexibility index (Phi) is 7.24. The summed E-state index contributed by atoms with van der Waals surface area (Å²) in [6.45, 7) is 6.19. The van der Waals surface area contributed by atoms with Gasteiger partial charge in [0.25, 0.3) is 0 Å². The zero-order valence-corrected chi connectivity index (χ0v) is 16.5. The molecule has 0 atom stereocenters. The van der Waals surface area contributed by atoms with Crippen LogP contribution >= 0.6 is 0 Å². The molecule has 0 amide bonds. The number of nitrogens with two attached hydrogens (primary N) is 2. The van der Waals surface area contributed by atoms with Crippen molar-refractivity contribution in [3.05, 3.63) is 35.7 Å². The zero-order chi connectivity index (χ0) is 19.9. The Balaban J connectivity index is 2.13. The fourth-order valence-corrected chi connectivity index (χ4v) is 2.70. The van der Waals surface area contributed by atoms with Gasteiger partial charge in [0.05, 0.1) is 12.9 Å². The van der Waals surface area contributed by atoms with Crippen LogP contribution in [0.25, 0.3) is 0 Å². The minimum absolute atomic E-state index is 0.0680. The Morgan fingerprint density at radius 3 is 2.74 bits per heavy atom. The van der Waals surface area contributed by atoms with Crippen molar-refractivity contribution in [2.45, 2.75) is 38.7 Å². The number of benzene rings is 1. The van der Waals surface area contributed by atoms with E-state index in [-0.39, 0.29) is 5.60 Å². The summed E-state index contributed by atoms with van der Waals surface area (Å²) >= 11 is 0. The van der Waals surface area contributed by atoms with Gasteiger partial charge < -0.3 is 31.3 Å². The van der Waals surface area contributed by atoms with Gasteiger partial charge in [-0.2, -0.15) is 0 Å². The van der Waals surface area contributed by atoms with Crippen LogP contribution in [0.1, 0.15) is 38.7 Å². The number of anilines is 1. The summed E-state index contributed by atoms with van der Waals surface area (Å²) in [7, 11) is 1.67. The van der Waals surface area contributed by atoms with Crippen LogP contribution in [0.5, 0.6) is 5.75 Å². The lowest BCUT2D eigenvalue weighted by molar-refractivity contribution is 0.166. The Bertz CT molecular complexity index is 710. The molecular formula is C20H31N5O2. The topological polar surface area (TPSA) is 110 Å². The Morgan fingerprint density at radius 1 is 1.41 bits per heavy atom. The van der Waals surface area contributed by atoms with Crippen LogP contribution in [-0.2, 0) is 4.74 Å². The summed E-state index contributed by atoms with van der Waals surface area (Å²) < 4.78 is 11.1. The molecule has 1 aromatic rings. The maximum Gasteiger partial charge on any atom is 0.126 e. The predicted molar refractivity (Wildman–Crippen MR) is 110 cm³/mol. The molecule has 1 aliphatic carbocycles. The summed E-state index contributed by atoms with van der Waals surface area (Å²) in [5.74, 6) is 1.47. The van der Waals surface area contributed by atoms with E-state index in [1.165, 1.54) is 6.34 Å². The van der Waals surface area contributed by atoms with Crippen molar-refractivity contribution in [2.24, 2.45) is 10.7 Å². The fraction of sp³-hybridized carbons (Fsp3) is 0.500. The van der Waals surface area contributed by atoms with Gasteiger partial charge in [-0.05, 0) is 51.0 Å². The van der Waals surface area contributed by atoms with Gasteiger partial charge in [0.2, 0.25) is 0 Å². The van der Waals surface area contributed by atoms with Crippen molar-refractivity contribution >= 4 is 17.7 Å². The standard InChI is InChI=1S/C20H31N5O2/c1-4-25(11-12-26-3)19(24-14-21)8-7-18(23)16-13-15(5-6-17(16)22)27-20(2)9-10-20/h5-6,8,13-14,23H,4,7,9-12,22H2,1-3H3,(H2,21,24)/b19-8+,23-18?. The highest BCUT2D eigenvalue weighted by atomic mass is 16.5. The van der Waals surface area contributed by atoms with Crippen LogP contribution in [0.4, 0.5) is 5.69 Å². The van der Waals surface area contributed by atoms with Gasteiger partial charge in [-0.25, -0.2) is 4.99 Å². The molecule has 0 unspecified atom stereocenters. The molecule has 1 saturated carbocycles. The number of aliphatic imine (C=N–C) groups is 1. The highest BCUT2D eigenvalue weighted by Gasteiger charge is 2.40. The van der Waals surface area contributed by atoms with E-state index in [0.29, 0.717) is 36.5 Å². The van der Waals surface area contributed by atoms with E-state index < -0.39 is 0 Å². The van der Waals surface area contributed by atoms with Crippen molar-refractivity contribution in [1.29, 1.82) is 5.41 Å². The molecule has 1 fully saturated rings. The summed E-state index contributed by atoms with van der Waals surface area (Å²) in [4.78, 5) is 6.29. The molecular weight excluding hydrogens is 342 g/mol. The highest BCUT2D eigenvalue weighted by molar-refractivity contribution is 6.03. The number of hydrogen-bond donors (Lipinski definition) is 3. The quantitative estimate of drug-likeness (QED) is 0.314. The molecule has 1 aromatic carbocycles. The fourth-order valence-electron chi connectivity index (χ4n) is 2.70. The number of nitrogens with one attached hydrogen (secondary N) is 1. The van der Waals surface area contributed by atoms with Crippen molar-refractivity contribution < 1.29 is 9.47 Å². The number of likely N-dealkylation sites (N-methyl/N-ethyl adjacent to an activating group) is 1. The molecule has 5 N–H and O–H groups in total. The third kappa shape index (κ3) is 5.99. The van der Waals surface area contributed by atoms with Crippen LogP contribution in [-0.4, -0.2) is 49.4 Å². The summed E-state index contributed by atoms with van der Waals surface area (Å²) in [5.41, 5.74) is 13.2. The molecule has 0 spiro atoms. The molecule has 2 rings (SSSR count). The molecule has 0 aromatic heterocycles. The minimum atomic E-state index is -0.0680. The molecule has 0 aliphatic heterocycles. The first-order valence-electron chi connectivity index (χ1n) is 9.27. The maximum absolute atomic E-state index is 8.47. The van der Waals surface area contributed by atoms with E-state index in [9.17, 15) is 0 Å². The van der Waals surface area contributed by atoms with Crippen LogP contribution < -0.4 is 16.2 Å². The second kappa shape index (κ2) is 9.41. The van der Waals surface area contributed by atoms with Crippen molar-refractivity contribution in [3.63, 3.8) is 0 Å². The number of hydrogen-bond acceptors (Lipinski definition) is 6. The van der Waals surface area contributed by atoms with Gasteiger partial charge in [0.15, 0.2) is 0 Å². The van der Waals surface area contributed by atoms with Crippen molar-refractivity contribution in [3.8, 4) is 5.75 Å². The first kappa shape index (κ1) is 20.8. The molecule has 148 valence electrons. The third-order valence-corrected chi connectivity index (χ3v) is 4.63. The molecule has 1 aliphatic rings. The highest BCUT2D eigenvalue weighted by Crippen LogP contribution is 2.40. The minimum Gasteiger partial charge on any atom is -0.488 e. The number of nitrogens with zero attached hydrogens (tertiary/aromatic N) is 2. The normalized spacial score (nSPS) is 15.7. The zero-order valence-electron chi connectivity index (χ0n) is 16.5. The number of allylic oxidation sites excluding steroid dienone is 1. The van der Waals surface area contributed by atoms with E-state index in [1.54, 1.807) is 13.2 Å². The SMILES string of the molecule is CCN(CCOC)C(=C/CC(=N)c1cc(OC2(C)CC2)ccc1N)/N=C\N. The first-order chi connectivity index (χ1) is 12.9. The molecule has 0 bridgehead atoms. The molecule has 27 heavy (non-hydrogen) atoms. The van der Waals surface area contributed by atoms with Crippen LogP contribution in [0.15, 0.2) is 35.1 Å². The number of rotatable bonds is 11. The van der Waals surface area contributed by atoms with Gasteiger partial charge in [0, 0.05) is 43.6 Å². The average molecular weight is 374 g/mol. The van der Waals surface area contributed by atoms with E-state index in [2.05, 4.69) is 16.8 Å². The van der Waals surface area contributed by atoms with E-state index in [4.69, 9.17) is 26.4 Å². The second-order valence-corrected chi connectivity index (χ2v) is 6.90. The number of methoxy groups -OCH3 is 1. The van der Waals surface area contributed by atoms with Gasteiger partial charge in [-0.1, -0.05) is 0 Å². The average Bonchev–Trinajstić information content (AvgIpc) is 3.38. The lowest BCUT2D eigenvalue weighted by atomic mass is 10.0. The van der Waals surface area contributed by atoms with E-state index in [0.717, 1.165) is 31.0 Å². The Morgan fingerprint density at radius 2 is 2.15 bits per heavy atom. The maximum atomic E-state index is 8.47. The van der Waals surface area contributed by atoms with E-state index in [1.807, 2.05) is 25.1 Å². The molecule has 0 radical (unpaired) electrons. The lowest BCUT2D eigenvalue weighted by Gasteiger charge is -2.22. The van der Waals surface area contributed by atoms with Gasteiger partial charge in [0.1, 0.15) is 17.2 Å². The first-order valence-corrected chi connectivity index (χ1v) is 9.27. The monoisotopic (exact) mass is 373 g/mol. The summed E-state index contributed by atoms with van der Waals surface area (Å²) in [5, 5.41) is 8.47. The van der Waals surface area contributed by atoms with Gasteiger partial charge in [-0.3, -0.25) is 0 Å². The van der Waals surface area contributed by atoms with E-state index >= 15 is 0 Å². The van der Waals surface area contributed by atoms with Gasteiger partial charge in [-0.15, -0.1) is 0 Å². The second-order valence-electron chi connectivity index (χ2n) is 6.90. The summed E-state index contributed by atoms with van der Waals surface area (Å²) in [6, 6.07) is 5.51. The molecule has 7 nitrogen and oxygen atoms in total. The smallest absolute Gasteiger partial charge is 0.126 e. The predicted octanol–water partition coefficient (Wildman–Crippen LogP) is 2.75. The van der Waals surface area contributed by atoms with Crippen molar-refractivity contribution in [2.75, 3.05) is 32.5 Å². The van der Waals surface area contributed by atoms with Gasteiger partial charge >= 0.3 is 0 Å². The summed E-state index contributed by atoms with van der Waals surface area (Å²) in [6.07, 6.45) is 5.66.